The summed E-state index contributed by atoms with van der Waals surface area (Å²) < 4.78 is 0.194. The molecule has 1 aliphatic carbocycles. The molecule has 1 saturated carbocycles. The predicted molar refractivity (Wildman–Crippen MR) is 38.7 cm³/mol. The van der Waals surface area contributed by atoms with Crippen molar-refractivity contribution in [1.29, 1.82) is 0 Å². The van der Waals surface area contributed by atoms with Crippen LogP contribution in [0.4, 0.5) is 0 Å². The highest BCUT2D eigenvalue weighted by Crippen LogP contribution is 2.49. The van der Waals surface area contributed by atoms with Crippen LogP contribution < -0.4 is 0 Å². The molecule has 1 fully saturated rings. The van der Waals surface area contributed by atoms with Crippen LogP contribution in [-0.2, 0) is 0 Å². The Morgan fingerprint density at radius 1 is 1.57 bits per heavy atom. The number of alkyl halides is 2. The molecule has 7 heavy (non-hydrogen) atoms. The molecule has 1 unspecified atom stereocenters. The van der Waals surface area contributed by atoms with Crippen molar-refractivity contribution < 1.29 is 0 Å². The molecule has 0 N–H and O–H groups in total. The number of halogens is 2. The predicted octanol–water partition coefficient (Wildman–Crippen LogP) is 2.72. The molecular formula is C5H7Br2. The van der Waals surface area contributed by atoms with E-state index in [0.717, 1.165) is 0 Å². The number of rotatable bonds is 0. The van der Waals surface area contributed by atoms with Crippen LogP contribution in [0.5, 0.6) is 0 Å². The molecular weight excluding hydrogens is 220 g/mol. The standard InChI is InChI=1S/C5H7Br2/c1-4-2-3-5(4,6)7/h4H,1-3H2. The Balaban J connectivity index is 2.43. The fourth-order valence-corrected chi connectivity index (χ4v) is 1.48. The van der Waals surface area contributed by atoms with E-state index in [1.807, 2.05) is 0 Å². The average molecular weight is 227 g/mol. The summed E-state index contributed by atoms with van der Waals surface area (Å²) in [5.74, 6) is 0.562. The quantitative estimate of drug-likeness (QED) is 0.558. The third-order valence-electron chi connectivity index (χ3n) is 1.42. The molecule has 2 heteroatoms. The molecule has 0 nitrogen and oxygen atoms in total. The lowest BCUT2D eigenvalue weighted by Crippen LogP contribution is -2.32. The fraction of sp³-hybridized carbons (Fsp3) is 0.800. The zero-order valence-electron chi connectivity index (χ0n) is 3.95. The van der Waals surface area contributed by atoms with E-state index in [1.54, 1.807) is 0 Å². The second kappa shape index (κ2) is 1.73. The summed E-state index contributed by atoms with van der Waals surface area (Å²) in [6, 6.07) is 0. The largest absolute Gasteiger partial charge is 0.0833 e. The van der Waals surface area contributed by atoms with E-state index >= 15 is 0 Å². The highest BCUT2D eigenvalue weighted by Gasteiger charge is 2.38. The first-order valence-corrected chi connectivity index (χ1v) is 3.92. The highest BCUT2D eigenvalue weighted by atomic mass is 79.9. The summed E-state index contributed by atoms with van der Waals surface area (Å²) in [4.78, 5) is 0. The third-order valence-corrected chi connectivity index (χ3v) is 3.51. The van der Waals surface area contributed by atoms with Gasteiger partial charge in [0.1, 0.15) is 0 Å². The Hall–Kier alpha value is 0.960. The van der Waals surface area contributed by atoms with Gasteiger partial charge in [-0.15, -0.1) is 0 Å². The van der Waals surface area contributed by atoms with Gasteiger partial charge in [0.15, 0.2) is 0 Å². The maximum atomic E-state index is 3.90. The van der Waals surface area contributed by atoms with Gasteiger partial charge in [-0.2, -0.15) is 0 Å². The molecule has 1 rings (SSSR count). The lowest BCUT2D eigenvalue weighted by atomic mass is 9.87. The molecule has 0 saturated heterocycles. The van der Waals surface area contributed by atoms with E-state index in [1.165, 1.54) is 12.8 Å². The first-order chi connectivity index (χ1) is 3.13. The van der Waals surface area contributed by atoms with Crippen LogP contribution in [0.3, 0.4) is 0 Å². The molecule has 1 atom stereocenters. The van der Waals surface area contributed by atoms with Crippen LogP contribution in [-0.4, -0.2) is 3.23 Å². The minimum absolute atomic E-state index is 0.194. The topological polar surface area (TPSA) is 0 Å². The van der Waals surface area contributed by atoms with Gasteiger partial charge in [-0.3, -0.25) is 0 Å². The molecule has 0 spiro atoms. The van der Waals surface area contributed by atoms with E-state index < -0.39 is 0 Å². The Bertz CT molecular complexity index is 78.1. The van der Waals surface area contributed by atoms with Gasteiger partial charge in [0.25, 0.3) is 0 Å². The summed E-state index contributed by atoms with van der Waals surface area (Å²) >= 11 is 6.97. The smallest absolute Gasteiger partial charge is 0.0724 e. The van der Waals surface area contributed by atoms with Crippen molar-refractivity contribution in [3.05, 3.63) is 6.92 Å². The van der Waals surface area contributed by atoms with Crippen molar-refractivity contribution in [2.24, 2.45) is 5.92 Å². The van der Waals surface area contributed by atoms with Gasteiger partial charge in [-0.1, -0.05) is 31.9 Å². The van der Waals surface area contributed by atoms with Gasteiger partial charge in [0, 0.05) is 0 Å². The van der Waals surface area contributed by atoms with Gasteiger partial charge >= 0.3 is 0 Å². The molecule has 0 bridgehead atoms. The molecule has 41 valence electrons. The van der Waals surface area contributed by atoms with Crippen molar-refractivity contribution in [2.75, 3.05) is 0 Å². The van der Waals surface area contributed by atoms with Gasteiger partial charge in [0.05, 0.1) is 3.23 Å². The summed E-state index contributed by atoms with van der Waals surface area (Å²) in [5, 5.41) is 0. The molecule has 0 aromatic heterocycles. The van der Waals surface area contributed by atoms with Crippen molar-refractivity contribution in [2.45, 2.75) is 16.1 Å². The fourth-order valence-electron chi connectivity index (χ4n) is 0.567. The minimum atomic E-state index is 0.194. The van der Waals surface area contributed by atoms with Crippen LogP contribution in [0.15, 0.2) is 0 Å². The zero-order valence-corrected chi connectivity index (χ0v) is 7.13. The first kappa shape index (κ1) is 6.09. The van der Waals surface area contributed by atoms with Gasteiger partial charge in [-0.25, -0.2) is 0 Å². The molecule has 1 aliphatic rings. The second-order valence-electron chi connectivity index (χ2n) is 2.00. The van der Waals surface area contributed by atoms with Gasteiger partial charge in [0.2, 0.25) is 0 Å². The number of hydrogen-bond acceptors (Lipinski definition) is 0. The molecule has 0 amide bonds. The van der Waals surface area contributed by atoms with Crippen LogP contribution >= 0.6 is 31.9 Å². The summed E-state index contributed by atoms with van der Waals surface area (Å²) in [6.45, 7) is 3.90. The molecule has 0 aromatic rings. The number of hydrogen-bond donors (Lipinski definition) is 0. The van der Waals surface area contributed by atoms with Crippen LogP contribution in [0.25, 0.3) is 0 Å². The van der Waals surface area contributed by atoms with Crippen LogP contribution in [0.2, 0.25) is 0 Å². The van der Waals surface area contributed by atoms with Crippen molar-refractivity contribution in [3.8, 4) is 0 Å². The Morgan fingerprint density at radius 2 is 2.00 bits per heavy atom. The molecule has 1 radical (unpaired) electrons. The average Bonchev–Trinajstić information content (AvgIpc) is 1.63. The molecule has 0 aromatic carbocycles. The van der Waals surface area contributed by atoms with Crippen LogP contribution in [0, 0.1) is 12.8 Å². The highest BCUT2D eigenvalue weighted by molar-refractivity contribution is 9.25. The normalized spacial score (nSPS) is 37.3. The summed E-state index contributed by atoms with van der Waals surface area (Å²) in [5.41, 5.74) is 0. The first-order valence-electron chi connectivity index (χ1n) is 2.34. The minimum Gasteiger partial charge on any atom is -0.0724 e. The molecule has 0 aliphatic heterocycles. The van der Waals surface area contributed by atoms with Crippen molar-refractivity contribution >= 4 is 31.9 Å². The third kappa shape index (κ3) is 1.02. The van der Waals surface area contributed by atoms with E-state index in [9.17, 15) is 0 Å². The monoisotopic (exact) mass is 225 g/mol. The van der Waals surface area contributed by atoms with Crippen molar-refractivity contribution in [1.82, 2.24) is 0 Å². The zero-order chi connectivity index (χ0) is 5.49. The van der Waals surface area contributed by atoms with E-state index in [0.29, 0.717) is 5.92 Å². The Labute approximate surface area is 60.9 Å². The Morgan fingerprint density at radius 3 is 2.00 bits per heavy atom. The Kier molecular flexibility index (Phi) is 1.50. The maximum Gasteiger partial charge on any atom is 0.0833 e. The maximum absolute atomic E-state index is 3.90. The second-order valence-corrected chi connectivity index (χ2v) is 5.89. The van der Waals surface area contributed by atoms with E-state index in [4.69, 9.17) is 0 Å². The SMILES string of the molecule is [CH2]C1CCC1(Br)Br. The van der Waals surface area contributed by atoms with Crippen molar-refractivity contribution in [3.63, 3.8) is 0 Å². The van der Waals surface area contributed by atoms with Gasteiger partial charge < -0.3 is 0 Å². The lowest BCUT2D eigenvalue weighted by Gasteiger charge is -2.37. The molecule has 0 heterocycles. The summed E-state index contributed by atoms with van der Waals surface area (Å²) in [7, 11) is 0. The lowest BCUT2D eigenvalue weighted by molar-refractivity contribution is 0.383. The summed E-state index contributed by atoms with van der Waals surface area (Å²) in [6.07, 6.45) is 2.46. The van der Waals surface area contributed by atoms with Crippen LogP contribution in [0.1, 0.15) is 12.8 Å². The van der Waals surface area contributed by atoms with E-state index in [2.05, 4.69) is 38.8 Å². The van der Waals surface area contributed by atoms with Gasteiger partial charge in [-0.05, 0) is 25.7 Å². The van der Waals surface area contributed by atoms with E-state index in [-0.39, 0.29) is 3.23 Å².